The van der Waals surface area contributed by atoms with Crippen LogP contribution in [0.4, 0.5) is 4.39 Å². The van der Waals surface area contributed by atoms with E-state index >= 15 is 0 Å². The van der Waals surface area contributed by atoms with Crippen LogP contribution in [0, 0.1) is 5.82 Å². The molecule has 2 rings (SSSR count). The smallest absolute Gasteiger partial charge is 0.193 e. The number of halogens is 2. The number of rotatable bonds is 6. The van der Waals surface area contributed by atoms with Gasteiger partial charge in [0.1, 0.15) is 10.7 Å². The fourth-order valence-corrected chi connectivity index (χ4v) is 4.15. The molecule has 0 aromatic heterocycles. The fraction of sp³-hybridized carbons (Fsp3) is 0.588. The zero-order valence-corrected chi connectivity index (χ0v) is 18.3. The topological polar surface area (TPSA) is 71.0 Å². The lowest BCUT2D eigenvalue weighted by atomic mass is 10.1. The summed E-state index contributed by atoms with van der Waals surface area (Å²) in [5, 5.41) is 3.06. The van der Waals surface area contributed by atoms with Crippen molar-refractivity contribution in [3.05, 3.63) is 30.1 Å². The molecule has 0 amide bonds. The lowest BCUT2D eigenvalue weighted by Gasteiger charge is -2.34. The molecule has 0 bridgehead atoms. The Morgan fingerprint density at radius 1 is 1.35 bits per heavy atom. The van der Waals surface area contributed by atoms with E-state index in [0.717, 1.165) is 32.0 Å². The number of nitrogens with one attached hydrogen (secondary N) is 1. The van der Waals surface area contributed by atoms with Crippen LogP contribution in [0.25, 0.3) is 0 Å². The van der Waals surface area contributed by atoms with Gasteiger partial charge in [-0.25, -0.2) is 12.8 Å². The van der Waals surface area contributed by atoms with Gasteiger partial charge >= 0.3 is 0 Å². The van der Waals surface area contributed by atoms with Crippen molar-refractivity contribution in [1.82, 2.24) is 10.2 Å². The second kappa shape index (κ2) is 11.0. The number of benzene rings is 1. The van der Waals surface area contributed by atoms with E-state index in [1.165, 1.54) is 18.2 Å². The van der Waals surface area contributed by atoms with Crippen LogP contribution in [0.3, 0.4) is 0 Å². The molecule has 6 nitrogen and oxygen atoms in total. The Morgan fingerprint density at radius 2 is 2.00 bits per heavy atom. The quantitative estimate of drug-likeness (QED) is 0.370. The number of hydrogen-bond donors (Lipinski definition) is 1. The summed E-state index contributed by atoms with van der Waals surface area (Å²) in [7, 11) is -2.00. The fourth-order valence-electron chi connectivity index (χ4n) is 2.91. The molecule has 1 aliphatic heterocycles. The van der Waals surface area contributed by atoms with Crippen LogP contribution in [0.15, 0.2) is 34.2 Å². The predicted molar refractivity (Wildman–Crippen MR) is 111 cm³/mol. The van der Waals surface area contributed by atoms with Crippen LogP contribution in [-0.2, 0) is 14.6 Å². The van der Waals surface area contributed by atoms with Gasteiger partial charge in [0, 0.05) is 33.3 Å². The van der Waals surface area contributed by atoms with Gasteiger partial charge in [-0.1, -0.05) is 12.1 Å². The normalized spacial score (nSPS) is 16.3. The zero-order chi connectivity index (χ0) is 18.3. The number of aliphatic imine (C=N–C) groups is 1. The predicted octanol–water partition coefficient (Wildman–Crippen LogP) is 2.29. The van der Waals surface area contributed by atoms with Gasteiger partial charge in [-0.2, -0.15) is 0 Å². The molecule has 9 heteroatoms. The van der Waals surface area contributed by atoms with Crippen molar-refractivity contribution in [2.75, 3.05) is 39.0 Å². The highest BCUT2D eigenvalue weighted by molar-refractivity contribution is 14.0. The summed E-state index contributed by atoms with van der Waals surface area (Å²) in [5.74, 6) is -0.244. The second-order valence-corrected chi connectivity index (χ2v) is 7.94. The van der Waals surface area contributed by atoms with Gasteiger partial charge < -0.3 is 15.0 Å². The Balaban J connectivity index is 0.00000338. The summed E-state index contributed by atoms with van der Waals surface area (Å²) in [5.41, 5.74) is 0. The average molecular weight is 499 g/mol. The molecule has 1 saturated heterocycles. The third-order valence-corrected chi connectivity index (χ3v) is 5.92. The van der Waals surface area contributed by atoms with Crippen molar-refractivity contribution >= 4 is 39.8 Å². The number of ether oxygens (including phenoxy) is 1. The Bertz CT molecular complexity index is 692. The molecule has 1 N–H and O–H groups in total. The van der Waals surface area contributed by atoms with Crippen LogP contribution in [0.1, 0.15) is 19.8 Å². The van der Waals surface area contributed by atoms with Crippen molar-refractivity contribution in [1.29, 1.82) is 0 Å². The minimum absolute atomic E-state index is 0. The lowest BCUT2D eigenvalue weighted by molar-refractivity contribution is 0.0264. The average Bonchev–Trinajstić information content (AvgIpc) is 2.60. The third-order valence-electron chi connectivity index (χ3n) is 4.18. The Kier molecular flexibility index (Phi) is 9.80. The molecule has 1 aromatic rings. The van der Waals surface area contributed by atoms with Gasteiger partial charge in [0.2, 0.25) is 0 Å². The first kappa shape index (κ1) is 23.1. The minimum atomic E-state index is -3.67. The van der Waals surface area contributed by atoms with Gasteiger partial charge in [0.05, 0.1) is 11.9 Å². The van der Waals surface area contributed by atoms with Crippen LogP contribution in [0.2, 0.25) is 0 Å². The highest BCUT2D eigenvalue weighted by atomic mass is 127. The van der Waals surface area contributed by atoms with E-state index in [-0.39, 0.29) is 47.3 Å². The van der Waals surface area contributed by atoms with Crippen LogP contribution < -0.4 is 5.32 Å². The zero-order valence-electron chi connectivity index (χ0n) is 15.2. The highest BCUT2D eigenvalue weighted by Crippen LogP contribution is 2.15. The minimum Gasteiger partial charge on any atom is -0.378 e. The van der Waals surface area contributed by atoms with E-state index in [9.17, 15) is 12.8 Å². The largest absolute Gasteiger partial charge is 0.378 e. The maximum Gasteiger partial charge on any atom is 0.193 e. The summed E-state index contributed by atoms with van der Waals surface area (Å²) in [4.78, 5) is 6.04. The summed E-state index contributed by atoms with van der Waals surface area (Å²) in [6.07, 6.45) is 2.12. The van der Waals surface area contributed by atoms with Crippen molar-refractivity contribution in [2.45, 2.75) is 30.8 Å². The van der Waals surface area contributed by atoms with Crippen molar-refractivity contribution in [2.24, 2.45) is 4.99 Å². The van der Waals surface area contributed by atoms with Gasteiger partial charge in [-0.05, 0) is 31.9 Å². The molecule has 0 atom stereocenters. The van der Waals surface area contributed by atoms with E-state index in [0.29, 0.717) is 12.6 Å². The Labute approximate surface area is 172 Å². The highest BCUT2D eigenvalue weighted by Gasteiger charge is 2.22. The molecule has 148 valence electrons. The van der Waals surface area contributed by atoms with Gasteiger partial charge in [-0.3, -0.25) is 4.99 Å². The standard InChI is InChI=1S/C17H26FN3O3S.HI/c1-3-24-14-8-11-21(12-9-14)17(19-2)20-10-13-25(22,23)16-7-5-4-6-15(16)18;/h4-7,14H,3,8-13H2,1-2H3,(H,19,20);1H. The first-order valence-electron chi connectivity index (χ1n) is 8.52. The number of piperidine rings is 1. The van der Waals surface area contributed by atoms with E-state index < -0.39 is 15.7 Å². The van der Waals surface area contributed by atoms with Gasteiger partial charge in [0.25, 0.3) is 0 Å². The van der Waals surface area contributed by atoms with Gasteiger partial charge in [-0.15, -0.1) is 24.0 Å². The molecule has 1 fully saturated rings. The van der Waals surface area contributed by atoms with Gasteiger partial charge in [0.15, 0.2) is 15.8 Å². The molecule has 26 heavy (non-hydrogen) atoms. The molecular weight excluding hydrogens is 472 g/mol. The van der Waals surface area contributed by atoms with E-state index in [2.05, 4.69) is 15.2 Å². The molecular formula is C17H27FIN3O3S. The summed E-state index contributed by atoms with van der Waals surface area (Å²) in [6, 6.07) is 5.44. The number of hydrogen-bond acceptors (Lipinski definition) is 4. The molecule has 0 radical (unpaired) electrons. The SMILES string of the molecule is CCOC1CCN(C(=NC)NCCS(=O)(=O)c2ccccc2F)CC1.I. The van der Waals surface area contributed by atoms with Crippen molar-refractivity contribution in [3.8, 4) is 0 Å². The first-order chi connectivity index (χ1) is 12.0. The number of guanidine groups is 1. The van der Waals surface area contributed by atoms with Crippen molar-refractivity contribution in [3.63, 3.8) is 0 Å². The van der Waals surface area contributed by atoms with Crippen LogP contribution >= 0.6 is 24.0 Å². The van der Waals surface area contributed by atoms with E-state index in [1.54, 1.807) is 7.05 Å². The second-order valence-electron chi connectivity index (χ2n) is 5.87. The van der Waals surface area contributed by atoms with Crippen molar-refractivity contribution < 1.29 is 17.5 Å². The first-order valence-corrected chi connectivity index (χ1v) is 10.2. The number of likely N-dealkylation sites (tertiary alicyclic amines) is 1. The van der Waals surface area contributed by atoms with E-state index in [4.69, 9.17) is 4.74 Å². The Morgan fingerprint density at radius 3 is 2.58 bits per heavy atom. The van der Waals surface area contributed by atoms with Crippen LogP contribution in [0.5, 0.6) is 0 Å². The maximum atomic E-state index is 13.7. The summed E-state index contributed by atoms with van der Waals surface area (Å²) in [6.45, 7) is 4.50. The molecule has 0 spiro atoms. The lowest BCUT2D eigenvalue weighted by Crippen LogP contribution is -2.47. The molecule has 1 heterocycles. The number of nitrogens with zero attached hydrogens (tertiary/aromatic N) is 2. The van der Waals surface area contributed by atoms with E-state index in [1.807, 2.05) is 6.92 Å². The molecule has 0 aliphatic carbocycles. The summed E-state index contributed by atoms with van der Waals surface area (Å²) < 4.78 is 43.8. The third kappa shape index (κ3) is 6.34. The molecule has 0 saturated carbocycles. The van der Waals surface area contributed by atoms with Crippen LogP contribution in [-0.4, -0.2) is 64.4 Å². The number of sulfone groups is 1. The molecule has 1 aliphatic rings. The maximum absolute atomic E-state index is 13.7. The Hall–Kier alpha value is -0.940. The monoisotopic (exact) mass is 499 g/mol. The summed E-state index contributed by atoms with van der Waals surface area (Å²) >= 11 is 0. The molecule has 0 unspecified atom stereocenters. The molecule has 1 aromatic carbocycles.